The van der Waals surface area contributed by atoms with E-state index in [9.17, 15) is 0 Å². The average molecular weight is 158 g/mol. The first kappa shape index (κ1) is 10.9. The second kappa shape index (κ2) is 6.62. The second-order valence-electron chi connectivity index (χ2n) is 3.27. The van der Waals surface area contributed by atoms with E-state index in [0.717, 1.165) is 13.0 Å². The summed E-state index contributed by atoms with van der Waals surface area (Å²) >= 11 is 0. The van der Waals surface area contributed by atoms with Crippen LogP contribution in [0, 0.1) is 0 Å². The Balaban J connectivity index is 3.22. The van der Waals surface area contributed by atoms with E-state index >= 15 is 0 Å². The zero-order valence-corrected chi connectivity index (χ0v) is 8.06. The van der Waals surface area contributed by atoms with Crippen LogP contribution in [-0.4, -0.2) is 18.6 Å². The Morgan fingerprint density at radius 2 is 2.00 bits per heavy atom. The molecule has 68 valence electrons. The summed E-state index contributed by atoms with van der Waals surface area (Å²) in [6.45, 7) is 7.51. The Kier molecular flexibility index (Phi) is 6.57. The third kappa shape index (κ3) is 6.32. The van der Waals surface area contributed by atoms with Crippen LogP contribution in [0.25, 0.3) is 0 Å². The van der Waals surface area contributed by atoms with Gasteiger partial charge in [0, 0.05) is 18.6 Å². The van der Waals surface area contributed by atoms with Crippen LogP contribution >= 0.6 is 0 Å². The molecule has 0 aromatic carbocycles. The van der Waals surface area contributed by atoms with Gasteiger partial charge in [-0.1, -0.05) is 20.3 Å². The van der Waals surface area contributed by atoms with Crippen molar-refractivity contribution >= 4 is 0 Å². The minimum Gasteiger partial charge on any atom is -0.327 e. The molecule has 0 saturated carbocycles. The maximum atomic E-state index is 5.82. The lowest BCUT2D eigenvalue weighted by atomic mass is 10.1. The van der Waals surface area contributed by atoms with Crippen molar-refractivity contribution in [1.82, 2.24) is 5.32 Å². The van der Waals surface area contributed by atoms with E-state index in [1.807, 2.05) is 0 Å². The monoisotopic (exact) mass is 158 g/mol. The van der Waals surface area contributed by atoms with Crippen LogP contribution in [0.1, 0.15) is 40.0 Å². The lowest BCUT2D eigenvalue weighted by molar-refractivity contribution is 0.475. The maximum Gasteiger partial charge on any atom is 0.0165 e. The van der Waals surface area contributed by atoms with Crippen molar-refractivity contribution in [2.45, 2.75) is 52.1 Å². The quantitative estimate of drug-likeness (QED) is 0.615. The summed E-state index contributed by atoms with van der Waals surface area (Å²) in [5, 5.41) is 3.39. The average Bonchev–Trinajstić information content (AvgIpc) is 2.01. The first-order valence-corrected chi connectivity index (χ1v) is 4.69. The topological polar surface area (TPSA) is 38.0 Å². The molecule has 2 nitrogen and oxygen atoms in total. The maximum absolute atomic E-state index is 5.82. The van der Waals surface area contributed by atoms with Gasteiger partial charge in [-0.25, -0.2) is 0 Å². The van der Waals surface area contributed by atoms with Crippen molar-refractivity contribution in [2.75, 3.05) is 6.54 Å². The van der Waals surface area contributed by atoms with Gasteiger partial charge in [-0.2, -0.15) is 0 Å². The van der Waals surface area contributed by atoms with Crippen molar-refractivity contribution in [3.63, 3.8) is 0 Å². The third-order valence-corrected chi connectivity index (χ3v) is 2.00. The summed E-state index contributed by atoms with van der Waals surface area (Å²) in [7, 11) is 0. The highest BCUT2D eigenvalue weighted by Crippen LogP contribution is 1.93. The molecule has 0 aliphatic carbocycles. The lowest BCUT2D eigenvalue weighted by Crippen LogP contribution is -2.37. The molecule has 0 aliphatic rings. The van der Waals surface area contributed by atoms with Gasteiger partial charge in [0.1, 0.15) is 0 Å². The SMILES string of the molecule is CCCC(N)CNC(C)CC. The van der Waals surface area contributed by atoms with Crippen LogP contribution in [0.2, 0.25) is 0 Å². The van der Waals surface area contributed by atoms with Crippen LogP contribution in [0.5, 0.6) is 0 Å². The standard InChI is InChI=1S/C9H22N2/c1-4-6-9(10)7-11-8(3)5-2/h8-9,11H,4-7,10H2,1-3H3. The summed E-state index contributed by atoms with van der Waals surface area (Å²) in [6, 6.07) is 0.951. The minimum atomic E-state index is 0.342. The van der Waals surface area contributed by atoms with Gasteiger partial charge in [0.2, 0.25) is 0 Å². The van der Waals surface area contributed by atoms with Gasteiger partial charge in [-0.05, 0) is 19.8 Å². The predicted molar refractivity (Wildman–Crippen MR) is 50.6 cm³/mol. The molecular weight excluding hydrogens is 136 g/mol. The first-order valence-electron chi connectivity index (χ1n) is 4.69. The van der Waals surface area contributed by atoms with E-state index in [1.165, 1.54) is 12.8 Å². The molecule has 0 aromatic rings. The van der Waals surface area contributed by atoms with Crippen LogP contribution in [0.15, 0.2) is 0 Å². The summed E-state index contributed by atoms with van der Waals surface area (Å²) in [5.74, 6) is 0. The summed E-state index contributed by atoms with van der Waals surface area (Å²) in [4.78, 5) is 0. The second-order valence-corrected chi connectivity index (χ2v) is 3.27. The fourth-order valence-corrected chi connectivity index (χ4v) is 0.970. The van der Waals surface area contributed by atoms with E-state index in [0.29, 0.717) is 12.1 Å². The van der Waals surface area contributed by atoms with E-state index in [4.69, 9.17) is 5.73 Å². The lowest BCUT2D eigenvalue weighted by Gasteiger charge is -2.15. The number of hydrogen-bond acceptors (Lipinski definition) is 2. The molecule has 0 fully saturated rings. The molecule has 0 bridgehead atoms. The van der Waals surface area contributed by atoms with Crippen LogP contribution in [-0.2, 0) is 0 Å². The molecule has 0 heterocycles. The molecule has 2 atom stereocenters. The molecule has 0 radical (unpaired) electrons. The number of rotatable bonds is 6. The molecule has 0 saturated heterocycles. The fourth-order valence-electron chi connectivity index (χ4n) is 0.970. The molecule has 2 unspecified atom stereocenters. The third-order valence-electron chi connectivity index (χ3n) is 2.00. The molecule has 0 aromatic heterocycles. The van der Waals surface area contributed by atoms with Crippen molar-refractivity contribution in [3.05, 3.63) is 0 Å². The molecular formula is C9H22N2. The fraction of sp³-hybridized carbons (Fsp3) is 1.00. The van der Waals surface area contributed by atoms with Gasteiger partial charge in [0.05, 0.1) is 0 Å². The highest BCUT2D eigenvalue weighted by molar-refractivity contribution is 4.66. The minimum absolute atomic E-state index is 0.342. The highest BCUT2D eigenvalue weighted by atomic mass is 14.9. The molecule has 2 heteroatoms. The van der Waals surface area contributed by atoms with Crippen molar-refractivity contribution in [1.29, 1.82) is 0 Å². The Hall–Kier alpha value is -0.0800. The van der Waals surface area contributed by atoms with Gasteiger partial charge in [0.15, 0.2) is 0 Å². The molecule has 0 aliphatic heterocycles. The van der Waals surface area contributed by atoms with Crippen LogP contribution in [0.4, 0.5) is 0 Å². The summed E-state index contributed by atoms with van der Waals surface area (Å²) in [6.07, 6.45) is 3.49. The van der Waals surface area contributed by atoms with E-state index in [1.54, 1.807) is 0 Å². The zero-order valence-electron chi connectivity index (χ0n) is 8.06. The van der Waals surface area contributed by atoms with Gasteiger partial charge in [-0.15, -0.1) is 0 Å². The zero-order chi connectivity index (χ0) is 8.69. The van der Waals surface area contributed by atoms with Crippen LogP contribution < -0.4 is 11.1 Å². The van der Waals surface area contributed by atoms with Crippen molar-refractivity contribution in [2.24, 2.45) is 5.73 Å². The smallest absolute Gasteiger partial charge is 0.0165 e. The van der Waals surface area contributed by atoms with Crippen LogP contribution in [0.3, 0.4) is 0 Å². The Labute approximate surface area is 70.5 Å². The summed E-state index contributed by atoms with van der Waals surface area (Å²) < 4.78 is 0. The largest absolute Gasteiger partial charge is 0.327 e. The number of hydrogen-bond donors (Lipinski definition) is 2. The molecule has 3 N–H and O–H groups in total. The van der Waals surface area contributed by atoms with E-state index in [-0.39, 0.29) is 0 Å². The van der Waals surface area contributed by atoms with Crippen molar-refractivity contribution in [3.8, 4) is 0 Å². The van der Waals surface area contributed by atoms with Crippen molar-refractivity contribution < 1.29 is 0 Å². The Morgan fingerprint density at radius 1 is 1.36 bits per heavy atom. The number of nitrogens with two attached hydrogens (primary N) is 1. The van der Waals surface area contributed by atoms with E-state index in [2.05, 4.69) is 26.1 Å². The Morgan fingerprint density at radius 3 is 2.45 bits per heavy atom. The Bertz CT molecular complexity index is 83.6. The molecule has 11 heavy (non-hydrogen) atoms. The van der Waals surface area contributed by atoms with Gasteiger partial charge in [0.25, 0.3) is 0 Å². The predicted octanol–water partition coefficient (Wildman–Crippen LogP) is 1.50. The first-order chi connectivity index (χ1) is 5.20. The molecule has 0 amide bonds. The van der Waals surface area contributed by atoms with E-state index < -0.39 is 0 Å². The normalized spacial score (nSPS) is 16.4. The van der Waals surface area contributed by atoms with Gasteiger partial charge >= 0.3 is 0 Å². The van der Waals surface area contributed by atoms with Gasteiger partial charge in [-0.3, -0.25) is 0 Å². The molecule has 0 rings (SSSR count). The van der Waals surface area contributed by atoms with Gasteiger partial charge < -0.3 is 11.1 Å². The molecule has 0 spiro atoms. The highest BCUT2D eigenvalue weighted by Gasteiger charge is 2.02. The summed E-state index contributed by atoms with van der Waals surface area (Å²) in [5.41, 5.74) is 5.82. The number of nitrogens with one attached hydrogen (secondary N) is 1.